The molecule has 0 aromatic heterocycles. The summed E-state index contributed by atoms with van der Waals surface area (Å²) in [6.45, 7) is 9.44. The molecule has 1 N–H and O–H groups in total. The highest BCUT2D eigenvalue weighted by Crippen LogP contribution is 2.31. The Kier molecular flexibility index (Phi) is 5.45. The van der Waals surface area contributed by atoms with Gasteiger partial charge in [-0.3, -0.25) is 0 Å². The Bertz CT molecular complexity index is 783. The van der Waals surface area contributed by atoms with E-state index in [0.717, 1.165) is 13.1 Å². The van der Waals surface area contributed by atoms with Gasteiger partial charge in [-0.15, -0.1) is 0 Å². The zero-order chi connectivity index (χ0) is 18.7. The van der Waals surface area contributed by atoms with E-state index in [2.05, 4.69) is 49.2 Å². The molecule has 0 saturated carbocycles. The number of nitrogens with zero attached hydrogens (tertiary/aromatic N) is 2. The van der Waals surface area contributed by atoms with Crippen molar-refractivity contribution in [1.82, 2.24) is 4.90 Å². The normalized spacial score (nSPS) is 14.7. The number of rotatable bonds is 3. The van der Waals surface area contributed by atoms with Gasteiger partial charge in [0.05, 0.1) is 0 Å². The van der Waals surface area contributed by atoms with Crippen molar-refractivity contribution in [3.8, 4) is 0 Å². The zero-order valence-corrected chi connectivity index (χ0v) is 15.6. The number of nitrogens with one attached hydrogen (secondary N) is 1. The number of para-hydroxylation sites is 1. The molecule has 0 unspecified atom stereocenters. The Morgan fingerprint density at radius 2 is 1.77 bits per heavy atom. The quantitative estimate of drug-likeness (QED) is 0.872. The number of carbonyl (C=O) groups is 1. The molecule has 3 rings (SSSR count). The first kappa shape index (κ1) is 18.2. The predicted molar refractivity (Wildman–Crippen MR) is 104 cm³/mol. The first-order valence-corrected chi connectivity index (χ1v) is 9.11. The summed E-state index contributed by atoms with van der Waals surface area (Å²) in [5.41, 5.74) is 4.41. The fourth-order valence-electron chi connectivity index (χ4n) is 3.48. The first-order valence-electron chi connectivity index (χ1n) is 9.11. The highest BCUT2D eigenvalue weighted by molar-refractivity contribution is 5.89. The number of amides is 2. The van der Waals surface area contributed by atoms with E-state index in [1.165, 1.54) is 28.9 Å². The van der Waals surface area contributed by atoms with Crippen LogP contribution < -0.4 is 10.2 Å². The molecule has 1 aliphatic heterocycles. The minimum absolute atomic E-state index is 0.177. The van der Waals surface area contributed by atoms with Crippen LogP contribution in [0.5, 0.6) is 0 Å². The molecule has 0 aliphatic carbocycles. The Labute approximate surface area is 154 Å². The van der Waals surface area contributed by atoms with E-state index in [1.807, 2.05) is 0 Å². The summed E-state index contributed by atoms with van der Waals surface area (Å²) in [6.07, 6.45) is 0. The molecule has 1 heterocycles. The average molecular weight is 355 g/mol. The van der Waals surface area contributed by atoms with Crippen molar-refractivity contribution >= 4 is 17.4 Å². The lowest BCUT2D eigenvalue weighted by molar-refractivity contribution is 0.208. The molecule has 2 aromatic carbocycles. The molecule has 4 nitrogen and oxygen atoms in total. The molecule has 0 radical (unpaired) electrons. The average Bonchev–Trinajstić information content (AvgIpc) is 2.61. The fraction of sp³-hybridized carbons (Fsp3) is 0.381. The largest absolute Gasteiger partial charge is 0.368 e. The van der Waals surface area contributed by atoms with E-state index in [-0.39, 0.29) is 11.8 Å². The van der Waals surface area contributed by atoms with E-state index < -0.39 is 0 Å². The lowest BCUT2D eigenvalue weighted by atomic mass is 9.97. The maximum absolute atomic E-state index is 13.3. The van der Waals surface area contributed by atoms with Crippen LogP contribution in [0, 0.1) is 12.7 Å². The zero-order valence-electron chi connectivity index (χ0n) is 15.6. The number of anilines is 2. The number of urea groups is 1. The molecule has 1 fully saturated rings. The number of carbonyl (C=O) groups excluding carboxylic acids is 1. The molecular weight excluding hydrogens is 329 g/mol. The summed E-state index contributed by atoms with van der Waals surface area (Å²) in [7, 11) is 0. The van der Waals surface area contributed by atoms with Crippen LogP contribution in [0.15, 0.2) is 42.5 Å². The molecular formula is C21H26FN3O. The third kappa shape index (κ3) is 3.98. The van der Waals surface area contributed by atoms with Crippen LogP contribution >= 0.6 is 0 Å². The van der Waals surface area contributed by atoms with E-state index >= 15 is 0 Å². The van der Waals surface area contributed by atoms with Gasteiger partial charge >= 0.3 is 6.03 Å². The predicted octanol–water partition coefficient (Wildman–Crippen LogP) is 4.61. The van der Waals surface area contributed by atoms with Crippen molar-refractivity contribution in [3.05, 3.63) is 59.4 Å². The van der Waals surface area contributed by atoms with Gasteiger partial charge in [0.2, 0.25) is 0 Å². The molecule has 2 aromatic rings. The van der Waals surface area contributed by atoms with E-state index in [0.29, 0.717) is 24.7 Å². The Hall–Kier alpha value is -2.56. The van der Waals surface area contributed by atoms with Crippen LogP contribution in [-0.2, 0) is 0 Å². The topological polar surface area (TPSA) is 35.6 Å². The Morgan fingerprint density at radius 1 is 1.08 bits per heavy atom. The molecule has 2 amide bonds. The molecule has 5 heteroatoms. The molecule has 1 aliphatic rings. The van der Waals surface area contributed by atoms with Gasteiger partial charge in [0.25, 0.3) is 0 Å². The smallest absolute Gasteiger partial charge is 0.321 e. The fourth-order valence-corrected chi connectivity index (χ4v) is 3.48. The molecule has 138 valence electrons. The number of piperazine rings is 1. The number of halogens is 1. The van der Waals surface area contributed by atoms with Crippen LogP contribution in [0.2, 0.25) is 0 Å². The standard InChI is InChI=1S/C21H26FN3O/c1-15(2)19-9-4-6-16(3)20(19)24-10-12-25(13-11-24)21(26)23-18-8-5-7-17(22)14-18/h4-9,14-15H,10-13H2,1-3H3,(H,23,26). The van der Waals surface area contributed by atoms with Crippen molar-refractivity contribution < 1.29 is 9.18 Å². The number of hydrogen-bond donors (Lipinski definition) is 1. The second kappa shape index (κ2) is 7.77. The first-order chi connectivity index (χ1) is 12.5. The van der Waals surface area contributed by atoms with Gasteiger partial charge in [-0.1, -0.05) is 38.1 Å². The summed E-state index contributed by atoms with van der Waals surface area (Å²) in [5.74, 6) is 0.104. The highest BCUT2D eigenvalue weighted by atomic mass is 19.1. The van der Waals surface area contributed by atoms with Crippen molar-refractivity contribution in [2.75, 3.05) is 36.4 Å². The summed E-state index contributed by atoms with van der Waals surface area (Å²) in [5, 5.41) is 2.78. The minimum atomic E-state index is -0.353. The van der Waals surface area contributed by atoms with Gasteiger partial charge < -0.3 is 15.1 Å². The maximum Gasteiger partial charge on any atom is 0.321 e. The Morgan fingerprint density at radius 3 is 2.42 bits per heavy atom. The summed E-state index contributed by atoms with van der Waals surface area (Å²) in [6, 6.07) is 12.2. The lowest BCUT2D eigenvalue weighted by Crippen LogP contribution is -2.50. The molecule has 0 atom stereocenters. The maximum atomic E-state index is 13.3. The van der Waals surface area contributed by atoms with E-state index in [1.54, 1.807) is 17.0 Å². The lowest BCUT2D eigenvalue weighted by Gasteiger charge is -2.38. The van der Waals surface area contributed by atoms with E-state index in [4.69, 9.17) is 0 Å². The number of benzene rings is 2. The summed E-state index contributed by atoms with van der Waals surface area (Å²) < 4.78 is 13.3. The third-order valence-electron chi connectivity index (χ3n) is 4.85. The van der Waals surface area contributed by atoms with E-state index in [9.17, 15) is 9.18 Å². The molecule has 0 spiro atoms. The third-order valence-corrected chi connectivity index (χ3v) is 4.85. The van der Waals surface area contributed by atoms with Crippen LogP contribution in [0.3, 0.4) is 0 Å². The van der Waals surface area contributed by atoms with Gasteiger partial charge in [0.1, 0.15) is 5.82 Å². The number of aryl methyl sites for hydroxylation is 1. The highest BCUT2D eigenvalue weighted by Gasteiger charge is 2.24. The number of hydrogen-bond acceptors (Lipinski definition) is 2. The van der Waals surface area contributed by atoms with Crippen LogP contribution in [0.4, 0.5) is 20.6 Å². The minimum Gasteiger partial charge on any atom is -0.368 e. The summed E-state index contributed by atoms with van der Waals surface area (Å²) >= 11 is 0. The summed E-state index contributed by atoms with van der Waals surface area (Å²) in [4.78, 5) is 16.6. The van der Waals surface area contributed by atoms with Crippen LogP contribution in [0.25, 0.3) is 0 Å². The van der Waals surface area contributed by atoms with Crippen LogP contribution in [-0.4, -0.2) is 37.1 Å². The van der Waals surface area contributed by atoms with Gasteiger partial charge in [0.15, 0.2) is 0 Å². The molecule has 26 heavy (non-hydrogen) atoms. The van der Waals surface area contributed by atoms with Crippen molar-refractivity contribution in [1.29, 1.82) is 0 Å². The van der Waals surface area contributed by atoms with Crippen molar-refractivity contribution in [3.63, 3.8) is 0 Å². The second-order valence-corrected chi connectivity index (χ2v) is 7.08. The SMILES string of the molecule is Cc1cccc(C(C)C)c1N1CCN(C(=O)Nc2cccc(F)c2)CC1. The van der Waals surface area contributed by atoms with Gasteiger partial charge in [0, 0.05) is 37.6 Å². The molecule has 0 bridgehead atoms. The van der Waals surface area contributed by atoms with Crippen molar-refractivity contribution in [2.24, 2.45) is 0 Å². The van der Waals surface area contributed by atoms with Gasteiger partial charge in [-0.05, 0) is 42.2 Å². The van der Waals surface area contributed by atoms with Gasteiger partial charge in [-0.2, -0.15) is 0 Å². The van der Waals surface area contributed by atoms with Crippen LogP contribution in [0.1, 0.15) is 30.9 Å². The Balaban J connectivity index is 1.65. The second-order valence-electron chi connectivity index (χ2n) is 7.08. The molecule has 1 saturated heterocycles. The van der Waals surface area contributed by atoms with Crippen molar-refractivity contribution in [2.45, 2.75) is 26.7 Å². The van der Waals surface area contributed by atoms with Gasteiger partial charge in [-0.25, -0.2) is 9.18 Å². The monoisotopic (exact) mass is 355 g/mol.